The molecule has 1 N–H and O–H groups in total. The van der Waals surface area contributed by atoms with E-state index in [1.807, 2.05) is 10.8 Å². The molecular weight excluding hydrogens is 294 g/mol. The van der Waals surface area contributed by atoms with Crippen LogP contribution in [0.3, 0.4) is 0 Å². The van der Waals surface area contributed by atoms with Crippen LogP contribution in [0.15, 0.2) is 31.1 Å². The first-order valence-electron chi connectivity index (χ1n) is 7.96. The SMILES string of the molecule is O=C(CCn1ccnc1)NCc1cnc([C@@H]2CCCCO2)nc1. The Morgan fingerprint density at radius 3 is 2.91 bits per heavy atom. The van der Waals surface area contributed by atoms with E-state index in [0.717, 1.165) is 37.3 Å². The number of nitrogens with one attached hydrogen (secondary N) is 1. The Balaban J connectivity index is 1.43. The van der Waals surface area contributed by atoms with Crippen LogP contribution in [0, 0.1) is 0 Å². The number of amides is 1. The summed E-state index contributed by atoms with van der Waals surface area (Å²) in [5.74, 6) is 0.735. The van der Waals surface area contributed by atoms with Crippen LogP contribution in [-0.2, 0) is 22.6 Å². The number of imidazole rings is 1. The monoisotopic (exact) mass is 315 g/mol. The lowest BCUT2D eigenvalue weighted by atomic mass is 10.1. The quantitative estimate of drug-likeness (QED) is 0.876. The first-order chi connectivity index (χ1) is 11.3. The van der Waals surface area contributed by atoms with Crippen molar-refractivity contribution >= 4 is 5.91 Å². The molecule has 2 aromatic heterocycles. The molecule has 7 heteroatoms. The van der Waals surface area contributed by atoms with Crippen LogP contribution < -0.4 is 5.32 Å². The lowest BCUT2D eigenvalue weighted by Crippen LogP contribution is -2.24. The summed E-state index contributed by atoms with van der Waals surface area (Å²) in [5, 5.41) is 2.88. The molecule has 3 heterocycles. The molecule has 1 atom stereocenters. The zero-order valence-corrected chi connectivity index (χ0v) is 13.0. The Bertz CT molecular complexity index is 606. The Labute approximate surface area is 135 Å². The average molecular weight is 315 g/mol. The number of aryl methyl sites for hydroxylation is 1. The van der Waals surface area contributed by atoms with Gasteiger partial charge in [-0.1, -0.05) is 0 Å². The molecule has 1 amide bonds. The van der Waals surface area contributed by atoms with E-state index in [2.05, 4.69) is 20.3 Å². The third-order valence-electron chi connectivity index (χ3n) is 3.84. The zero-order valence-electron chi connectivity index (χ0n) is 13.0. The fourth-order valence-corrected chi connectivity index (χ4v) is 2.51. The number of nitrogens with zero attached hydrogens (tertiary/aromatic N) is 4. The number of rotatable bonds is 6. The molecule has 1 saturated heterocycles. The second-order valence-corrected chi connectivity index (χ2v) is 5.63. The van der Waals surface area contributed by atoms with Crippen molar-refractivity contribution in [2.75, 3.05) is 6.61 Å². The Morgan fingerprint density at radius 2 is 2.22 bits per heavy atom. The number of ether oxygens (including phenoxy) is 1. The van der Waals surface area contributed by atoms with Crippen molar-refractivity contribution < 1.29 is 9.53 Å². The summed E-state index contributed by atoms with van der Waals surface area (Å²) < 4.78 is 7.54. The second-order valence-electron chi connectivity index (χ2n) is 5.63. The molecule has 0 unspecified atom stereocenters. The van der Waals surface area contributed by atoms with Crippen LogP contribution in [0.25, 0.3) is 0 Å². The maximum absolute atomic E-state index is 11.8. The molecule has 3 rings (SSSR count). The first kappa shape index (κ1) is 15.6. The van der Waals surface area contributed by atoms with Gasteiger partial charge in [-0.25, -0.2) is 15.0 Å². The molecule has 0 aliphatic carbocycles. The Hall–Kier alpha value is -2.28. The van der Waals surface area contributed by atoms with Crippen LogP contribution in [0.5, 0.6) is 0 Å². The fourth-order valence-electron chi connectivity index (χ4n) is 2.51. The van der Waals surface area contributed by atoms with Crippen molar-refractivity contribution in [3.8, 4) is 0 Å². The maximum atomic E-state index is 11.8. The second kappa shape index (κ2) is 7.82. The lowest BCUT2D eigenvalue weighted by Gasteiger charge is -2.21. The van der Waals surface area contributed by atoms with Gasteiger partial charge < -0.3 is 14.6 Å². The molecule has 1 aliphatic rings. The molecule has 2 aromatic rings. The van der Waals surface area contributed by atoms with Gasteiger partial charge in [0, 0.05) is 56.5 Å². The molecule has 0 spiro atoms. The van der Waals surface area contributed by atoms with E-state index < -0.39 is 0 Å². The topological polar surface area (TPSA) is 81.9 Å². The van der Waals surface area contributed by atoms with Gasteiger partial charge in [0.15, 0.2) is 5.82 Å². The number of hydrogen-bond acceptors (Lipinski definition) is 5. The van der Waals surface area contributed by atoms with Gasteiger partial charge in [0.2, 0.25) is 5.91 Å². The number of hydrogen-bond donors (Lipinski definition) is 1. The summed E-state index contributed by atoms with van der Waals surface area (Å²) in [5.41, 5.74) is 0.889. The summed E-state index contributed by atoms with van der Waals surface area (Å²) in [7, 11) is 0. The number of carbonyl (C=O) groups is 1. The molecule has 1 fully saturated rings. The van der Waals surface area contributed by atoms with Crippen LogP contribution in [0.1, 0.15) is 43.2 Å². The van der Waals surface area contributed by atoms with E-state index in [-0.39, 0.29) is 12.0 Å². The normalized spacial score (nSPS) is 17.8. The van der Waals surface area contributed by atoms with Gasteiger partial charge in [0.1, 0.15) is 6.10 Å². The average Bonchev–Trinajstić information content (AvgIpc) is 3.13. The van der Waals surface area contributed by atoms with Crippen LogP contribution in [0.4, 0.5) is 0 Å². The molecule has 122 valence electrons. The van der Waals surface area contributed by atoms with E-state index in [1.165, 1.54) is 0 Å². The molecule has 0 aromatic carbocycles. The largest absolute Gasteiger partial charge is 0.370 e. The van der Waals surface area contributed by atoms with Crippen molar-refractivity contribution in [1.29, 1.82) is 0 Å². The third kappa shape index (κ3) is 4.59. The van der Waals surface area contributed by atoms with Crippen LogP contribution in [-0.4, -0.2) is 32.0 Å². The van der Waals surface area contributed by atoms with E-state index in [4.69, 9.17) is 4.74 Å². The highest BCUT2D eigenvalue weighted by Crippen LogP contribution is 2.24. The molecule has 0 radical (unpaired) electrons. The molecular formula is C16H21N5O2. The molecule has 23 heavy (non-hydrogen) atoms. The minimum Gasteiger partial charge on any atom is -0.370 e. The van der Waals surface area contributed by atoms with Gasteiger partial charge in [-0.3, -0.25) is 4.79 Å². The first-order valence-corrected chi connectivity index (χ1v) is 7.96. The molecule has 7 nitrogen and oxygen atoms in total. The van der Waals surface area contributed by atoms with E-state index in [9.17, 15) is 4.79 Å². The third-order valence-corrected chi connectivity index (χ3v) is 3.84. The highest BCUT2D eigenvalue weighted by Gasteiger charge is 2.18. The summed E-state index contributed by atoms with van der Waals surface area (Å²) in [6, 6.07) is 0. The van der Waals surface area contributed by atoms with Crippen molar-refractivity contribution in [3.63, 3.8) is 0 Å². The maximum Gasteiger partial charge on any atom is 0.222 e. The van der Waals surface area contributed by atoms with Crippen molar-refractivity contribution in [2.24, 2.45) is 0 Å². The zero-order chi connectivity index (χ0) is 15.9. The minimum absolute atomic E-state index is 0.00149. The predicted octanol–water partition coefficient (Wildman–Crippen LogP) is 1.62. The van der Waals surface area contributed by atoms with E-state index >= 15 is 0 Å². The van der Waals surface area contributed by atoms with Crippen LogP contribution in [0.2, 0.25) is 0 Å². The number of aromatic nitrogens is 4. The van der Waals surface area contributed by atoms with Gasteiger partial charge in [-0.2, -0.15) is 0 Å². The summed E-state index contributed by atoms with van der Waals surface area (Å²) in [4.78, 5) is 24.5. The number of carbonyl (C=O) groups excluding carboxylic acids is 1. The highest BCUT2D eigenvalue weighted by atomic mass is 16.5. The Kier molecular flexibility index (Phi) is 5.31. The summed E-state index contributed by atoms with van der Waals surface area (Å²) in [6.07, 6.45) is 12.4. The van der Waals surface area contributed by atoms with Crippen molar-refractivity contribution in [2.45, 2.75) is 44.9 Å². The highest BCUT2D eigenvalue weighted by molar-refractivity contribution is 5.75. The molecule has 0 bridgehead atoms. The van der Waals surface area contributed by atoms with E-state index in [0.29, 0.717) is 19.5 Å². The van der Waals surface area contributed by atoms with Gasteiger partial charge in [-0.05, 0) is 19.3 Å². The standard InChI is InChI=1S/C16H21N5O2/c22-15(4-6-21-7-5-17-12-21)18-9-13-10-19-16(20-11-13)14-3-1-2-8-23-14/h5,7,10-12,14H,1-4,6,8-9H2,(H,18,22)/t14-/m0/s1. The van der Waals surface area contributed by atoms with Gasteiger partial charge in [0.05, 0.1) is 6.33 Å². The smallest absolute Gasteiger partial charge is 0.222 e. The van der Waals surface area contributed by atoms with Gasteiger partial charge in [-0.15, -0.1) is 0 Å². The summed E-state index contributed by atoms with van der Waals surface area (Å²) >= 11 is 0. The summed E-state index contributed by atoms with van der Waals surface area (Å²) in [6.45, 7) is 1.84. The van der Waals surface area contributed by atoms with Crippen molar-refractivity contribution in [3.05, 3.63) is 42.5 Å². The minimum atomic E-state index is -0.00149. The predicted molar refractivity (Wildman–Crippen MR) is 83.3 cm³/mol. The molecule has 1 aliphatic heterocycles. The lowest BCUT2D eigenvalue weighted by molar-refractivity contribution is -0.121. The fraction of sp³-hybridized carbons (Fsp3) is 0.500. The molecule has 0 saturated carbocycles. The van der Waals surface area contributed by atoms with Crippen LogP contribution >= 0.6 is 0 Å². The van der Waals surface area contributed by atoms with Gasteiger partial charge in [0.25, 0.3) is 0 Å². The van der Waals surface area contributed by atoms with Gasteiger partial charge >= 0.3 is 0 Å². The Morgan fingerprint density at radius 1 is 1.35 bits per heavy atom. The van der Waals surface area contributed by atoms with E-state index in [1.54, 1.807) is 24.9 Å². The van der Waals surface area contributed by atoms with Crippen molar-refractivity contribution in [1.82, 2.24) is 24.8 Å².